The number of rotatable bonds is 2. The molecule has 1 aromatic carbocycles. The Labute approximate surface area is 99.6 Å². The van der Waals surface area contributed by atoms with Gasteiger partial charge in [0.05, 0.1) is 6.42 Å². The summed E-state index contributed by atoms with van der Waals surface area (Å²) < 4.78 is 5.83. The van der Waals surface area contributed by atoms with Crippen LogP contribution in [-0.2, 0) is 24.1 Å². The first kappa shape index (κ1) is 10.4. The first-order valence-corrected chi connectivity index (χ1v) is 6.05. The summed E-state index contributed by atoms with van der Waals surface area (Å²) in [6.07, 6.45) is 4.86. The van der Waals surface area contributed by atoms with Gasteiger partial charge in [0.15, 0.2) is 0 Å². The van der Waals surface area contributed by atoms with Crippen LogP contribution in [0.15, 0.2) is 22.6 Å². The van der Waals surface area contributed by atoms with Crippen LogP contribution in [0.2, 0.25) is 0 Å². The molecule has 0 atom stereocenters. The van der Waals surface area contributed by atoms with Gasteiger partial charge in [0, 0.05) is 17.4 Å². The molecule has 0 fully saturated rings. The van der Waals surface area contributed by atoms with Crippen LogP contribution < -0.4 is 5.73 Å². The Morgan fingerprint density at radius 2 is 2.12 bits per heavy atom. The van der Waals surface area contributed by atoms with E-state index < -0.39 is 0 Å². The van der Waals surface area contributed by atoms with Crippen LogP contribution in [0.5, 0.6) is 0 Å². The number of carbonyl (C=O) groups excluding carboxylic acids is 1. The van der Waals surface area contributed by atoms with Gasteiger partial charge in [-0.1, -0.05) is 6.07 Å². The first-order chi connectivity index (χ1) is 8.24. The molecule has 1 aliphatic rings. The highest BCUT2D eigenvalue weighted by Gasteiger charge is 2.17. The lowest BCUT2D eigenvalue weighted by molar-refractivity contribution is -0.117. The molecule has 0 unspecified atom stereocenters. The topological polar surface area (TPSA) is 56.2 Å². The standard InChI is InChI=1S/C14H15NO2/c15-14(16)8-9-5-6-13-11(7-9)10-3-1-2-4-12(10)17-13/h5-7H,1-4,8H2,(H2,15,16). The van der Waals surface area contributed by atoms with E-state index in [-0.39, 0.29) is 5.91 Å². The maximum atomic E-state index is 10.9. The van der Waals surface area contributed by atoms with Crippen LogP contribution in [0.4, 0.5) is 0 Å². The van der Waals surface area contributed by atoms with Gasteiger partial charge in [-0.15, -0.1) is 0 Å². The Balaban J connectivity index is 2.11. The lowest BCUT2D eigenvalue weighted by atomic mass is 9.95. The van der Waals surface area contributed by atoms with E-state index in [1.165, 1.54) is 23.8 Å². The zero-order valence-electron chi connectivity index (χ0n) is 9.66. The van der Waals surface area contributed by atoms with Crippen molar-refractivity contribution in [2.45, 2.75) is 32.1 Å². The number of nitrogens with two attached hydrogens (primary N) is 1. The molecule has 1 aromatic heterocycles. The van der Waals surface area contributed by atoms with Crippen LogP contribution in [0, 0.1) is 0 Å². The van der Waals surface area contributed by atoms with Crippen LogP contribution in [0.3, 0.4) is 0 Å². The molecule has 17 heavy (non-hydrogen) atoms. The second kappa shape index (κ2) is 3.91. The number of benzene rings is 1. The molecule has 2 N–H and O–H groups in total. The van der Waals surface area contributed by atoms with Crippen molar-refractivity contribution in [2.75, 3.05) is 0 Å². The summed E-state index contributed by atoms with van der Waals surface area (Å²) in [7, 11) is 0. The molecule has 88 valence electrons. The van der Waals surface area contributed by atoms with Gasteiger partial charge < -0.3 is 10.2 Å². The summed E-state index contributed by atoms with van der Waals surface area (Å²) >= 11 is 0. The van der Waals surface area contributed by atoms with Crippen LogP contribution >= 0.6 is 0 Å². The molecule has 1 heterocycles. The summed E-state index contributed by atoms with van der Waals surface area (Å²) in [5.74, 6) is 0.837. The largest absolute Gasteiger partial charge is 0.461 e. The third-order valence-corrected chi connectivity index (χ3v) is 3.40. The van der Waals surface area contributed by atoms with Gasteiger partial charge in [-0.05, 0) is 37.0 Å². The fourth-order valence-electron chi connectivity index (χ4n) is 2.62. The van der Waals surface area contributed by atoms with Crippen LogP contribution in [-0.4, -0.2) is 5.91 Å². The Kier molecular flexibility index (Phi) is 2.39. The molecule has 3 heteroatoms. The van der Waals surface area contributed by atoms with Crippen molar-refractivity contribution >= 4 is 16.9 Å². The minimum absolute atomic E-state index is 0.290. The molecule has 1 amide bonds. The molecular formula is C14H15NO2. The normalized spacial score (nSPS) is 14.8. The van der Waals surface area contributed by atoms with Gasteiger partial charge in [-0.2, -0.15) is 0 Å². The summed E-state index contributed by atoms with van der Waals surface area (Å²) in [5.41, 5.74) is 8.46. The average Bonchev–Trinajstić information content (AvgIpc) is 2.66. The fraction of sp³-hybridized carbons (Fsp3) is 0.357. The van der Waals surface area contributed by atoms with Crippen molar-refractivity contribution in [3.05, 3.63) is 35.1 Å². The molecule has 3 rings (SSSR count). The van der Waals surface area contributed by atoms with Crippen LogP contribution in [0.1, 0.15) is 29.7 Å². The molecular weight excluding hydrogens is 214 g/mol. The van der Waals surface area contributed by atoms with Crippen molar-refractivity contribution in [1.82, 2.24) is 0 Å². The van der Waals surface area contributed by atoms with Crippen molar-refractivity contribution < 1.29 is 9.21 Å². The van der Waals surface area contributed by atoms with Gasteiger partial charge >= 0.3 is 0 Å². The number of fused-ring (bicyclic) bond motifs is 3. The first-order valence-electron chi connectivity index (χ1n) is 6.05. The van der Waals surface area contributed by atoms with E-state index in [1.807, 2.05) is 18.2 Å². The minimum Gasteiger partial charge on any atom is -0.461 e. The van der Waals surface area contributed by atoms with E-state index in [0.717, 1.165) is 29.7 Å². The Morgan fingerprint density at radius 3 is 2.94 bits per heavy atom. The average molecular weight is 229 g/mol. The van der Waals surface area contributed by atoms with E-state index in [1.54, 1.807) is 0 Å². The molecule has 0 spiro atoms. The van der Waals surface area contributed by atoms with Gasteiger partial charge in [0.25, 0.3) is 0 Å². The number of hydrogen-bond donors (Lipinski definition) is 1. The Bertz CT molecular complexity index is 583. The summed E-state index contributed by atoms with van der Waals surface area (Å²) in [6.45, 7) is 0. The fourth-order valence-corrected chi connectivity index (χ4v) is 2.62. The molecule has 1 aliphatic carbocycles. The molecule has 0 saturated carbocycles. The highest BCUT2D eigenvalue weighted by Crippen LogP contribution is 2.32. The number of furan rings is 1. The number of primary amides is 1. The number of hydrogen-bond acceptors (Lipinski definition) is 2. The molecule has 3 nitrogen and oxygen atoms in total. The maximum Gasteiger partial charge on any atom is 0.221 e. The summed E-state index contributed by atoms with van der Waals surface area (Å²) in [6, 6.07) is 5.92. The third kappa shape index (κ3) is 1.82. The number of amides is 1. The highest BCUT2D eigenvalue weighted by molar-refractivity contribution is 5.85. The predicted molar refractivity (Wildman–Crippen MR) is 65.8 cm³/mol. The monoisotopic (exact) mass is 229 g/mol. The SMILES string of the molecule is NC(=O)Cc1ccc2oc3c(c2c1)CCCC3. The highest BCUT2D eigenvalue weighted by atomic mass is 16.3. The maximum absolute atomic E-state index is 10.9. The van der Waals surface area contributed by atoms with Gasteiger partial charge in [-0.25, -0.2) is 0 Å². The van der Waals surface area contributed by atoms with E-state index in [0.29, 0.717) is 6.42 Å². The lowest BCUT2D eigenvalue weighted by Crippen LogP contribution is -2.13. The van der Waals surface area contributed by atoms with Gasteiger partial charge in [0.1, 0.15) is 11.3 Å². The number of aryl methyl sites for hydroxylation is 2. The minimum atomic E-state index is -0.290. The second-order valence-electron chi connectivity index (χ2n) is 4.68. The zero-order valence-corrected chi connectivity index (χ0v) is 9.66. The zero-order chi connectivity index (χ0) is 11.8. The van der Waals surface area contributed by atoms with Crippen LogP contribution in [0.25, 0.3) is 11.0 Å². The van der Waals surface area contributed by atoms with Crippen molar-refractivity contribution in [3.8, 4) is 0 Å². The second-order valence-corrected chi connectivity index (χ2v) is 4.68. The quantitative estimate of drug-likeness (QED) is 0.859. The lowest BCUT2D eigenvalue weighted by Gasteiger charge is -2.08. The van der Waals surface area contributed by atoms with Gasteiger partial charge in [0.2, 0.25) is 5.91 Å². The van der Waals surface area contributed by atoms with E-state index in [2.05, 4.69) is 0 Å². The van der Waals surface area contributed by atoms with Gasteiger partial charge in [-0.3, -0.25) is 4.79 Å². The third-order valence-electron chi connectivity index (χ3n) is 3.40. The Hall–Kier alpha value is -1.77. The van der Waals surface area contributed by atoms with E-state index in [9.17, 15) is 4.79 Å². The van der Waals surface area contributed by atoms with E-state index >= 15 is 0 Å². The molecule has 0 bridgehead atoms. The summed E-state index contributed by atoms with van der Waals surface area (Å²) in [5, 5.41) is 1.17. The predicted octanol–water partition coefficient (Wildman–Crippen LogP) is 2.34. The van der Waals surface area contributed by atoms with Crippen molar-refractivity contribution in [1.29, 1.82) is 0 Å². The molecule has 0 radical (unpaired) electrons. The molecule has 0 aliphatic heterocycles. The van der Waals surface area contributed by atoms with Crippen molar-refractivity contribution in [3.63, 3.8) is 0 Å². The Morgan fingerprint density at radius 1 is 1.29 bits per heavy atom. The van der Waals surface area contributed by atoms with E-state index in [4.69, 9.17) is 10.2 Å². The molecule has 0 saturated heterocycles. The number of carbonyl (C=O) groups is 1. The van der Waals surface area contributed by atoms with Crippen molar-refractivity contribution in [2.24, 2.45) is 5.73 Å². The smallest absolute Gasteiger partial charge is 0.221 e. The summed E-state index contributed by atoms with van der Waals surface area (Å²) in [4.78, 5) is 10.9. The molecule has 2 aromatic rings.